The van der Waals surface area contributed by atoms with Gasteiger partial charge in [-0.1, -0.05) is 0 Å². The molecule has 0 atom stereocenters. The van der Waals surface area contributed by atoms with Crippen molar-refractivity contribution in [3.8, 4) is 0 Å². The summed E-state index contributed by atoms with van der Waals surface area (Å²) in [5, 5.41) is 23.7. The van der Waals surface area contributed by atoms with Crippen LogP contribution in [0, 0.1) is 22.5 Å². The molecule has 15 heavy (non-hydrogen) atoms. The Morgan fingerprint density at radius 1 is 1.73 bits per heavy atom. The fourth-order valence-electron chi connectivity index (χ4n) is 1.64. The number of aliphatic hydroxyl groups is 1. The zero-order chi connectivity index (χ0) is 11.1. The summed E-state index contributed by atoms with van der Waals surface area (Å²) in [6.07, 6.45) is 3.20. The molecule has 0 unspecified atom stereocenters. The van der Waals surface area contributed by atoms with Crippen LogP contribution in [0.3, 0.4) is 0 Å². The predicted octanol–water partition coefficient (Wildman–Crippen LogP) is 0.872. The van der Waals surface area contributed by atoms with Crippen molar-refractivity contribution in [3.05, 3.63) is 22.0 Å². The third-order valence-corrected chi connectivity index (χ3v) is 3.05. The highest BCUT2D eigenvalue weighted by atomic mass is 16.6. The molecule has 82 valence electrons. The van der Waals surface area contributed by atoms with E-state index < -0.39 is 4.92 Å². The van der Waals surface area contributed by atoms with Crippen LogP contribution in [0.25, 0.3) is 0 Å². The lowest BCUT2D eigenvalue weighted by Gasteiger charge is -2.12. The normalized spacial score (nSPS) is 17.7. The molecule has 0 aliphatic heterocycles. The first-order valence-electron chi connectivity index (χ1n) is 4.86. The first-order valence-corrected chi connectivity index (χ1v) is 4.86. The molecular formula is C9H13N3O3. The van der Waals surface area contributed by atoms with Crippen LogP contribution >= 0.6 is 0 Å². The maximum absolute atomic E-state index is 10.6. The van der Waals surface area contributed by atoms with Crippen molar-refractivity contribution in [2.75, 3.05) is 6.61 Å². The van der Waals surface area contributed by atoms with E-state index in [1.54, 1.807) is 11.6 Å². The minimum Gasteiger partial charge on any atom is -0.396 e. The molecular weight excluding hydrogens is 198 g/mol. The van der Waals surface area contributed by atoms with Crippen molar-refractivity contribution in [3.63, 3.8) is 0 Å². The third-order valence-electron chi connectivity index (χ3n) is 3.05. The van der Waals surface area contributed by atoms with Gasteiger partial charge in [0.15, 0.2) is 0 Å². The first-order chi connectivity index (χ1) is 7.08. The Morgan fingerprint density at radius 2 is 2.40 bits per heavy atom. The van der Waals surface area contributed by atoms with E-state index in [9.17, 15) is 10.1 Å². The van der Waals surface area contributed by atoms with E-state index in [2.05, 4.69) is 5.10 Å². The standard InChI is InChI=1S/C9H13N3O3/c1-7-8(12(14)15)4-10-11(7)5-9(6-13)2-3-9/h4,13H,2-3,5-6H2,1H3. The monoisotopic (exact) mass is 211 g/mol. The van der Waals surface area contributed by atoms with Crippen LogP contribution in [-0.2, 0) is 6.54 Å². The van der Waals surface area contributed by atoms with Crippen LogP contribution in [0.1, 0.15) is 18.5 Å². The molecule has 1 fully saturated rings. The second-order valence-electron chi connectivity index (χ2n) is 4.19. The molecule has 6 nitrogen and oxygen atoms in total. The van der Waals surface area contributed by atoms with Crippen LogP contribution in [0.4, 0.5) is 5.69 Å². The lowest BCUT2D eigenvalue weighted by molar-refractivity contribution is -0.385. The highest BCUT2D eigenvalue weighted by molar-refractivity contribution is 5.31. The molecule has 0 bridgehead atoms. The van der Waals surface area contributed by atoms with Gasteiger partial charge in [0.25, 0.3) is 0 Å². The van der Waals surface area contributed by atoms with Gasteiger partial charge in [0, 0.05) is 12.0 Å². The van der Waals surface area contributed by atoms with E-state index in [0.29, 0.717) is 12.2 Å². The molecule has 1 aliphatic carbocycles. The summed E-state index contributed by atoms with van der Waals surface area (Å²) >= 11 is 0. The molecule has 2 rings (SSSR count). The van der Waals surface area contributed by atoms with E-state index in [0.717, 1.165) is 12.8 Å². The van der Waals surface area contributed by atoms with Gasteiger partial charge in [-0.15, -0.1) is 0 Å². The van der Waals surface area contributed by atoms with Gasteiger partial charge in [-0.05, 0) is 19.8 Å². The van der Waals surface area contributed by atoms with Crippen LogP contribution in [0.15, 0.2) is 6.20 Å². The quantitative estimate of drug-likeness (QED) is 0.592. The molecule has 0 aromatic carbocycles. The van der Waals surface area contributed by atoms with Gasteiger partial charge in [0.1, 0.15) is 11.9 Å². The van der Waals surface area contributed by atoms with Gasteiger partial charge in [-0.3, -0.25) is 14.8 Å². The lowest BCUT2D eigenvalue weighted by Crippen LogP contribution is -2.17. The minimum atomic E-state index is -0.433. The highest BCUT2D eigenvalue weighted by Crippen LogP contribution is 2.46. The molecule has 0 spiro atoms. The molecule has 0 saturated heterocycles. The molecule has 1 aromatic rings. The number of nitro groups is 1. The van der Waals surface area contributed by atoms with Gasteiger partial charge < -0.3 is 5.11 Å². The van der Waals surface area contributed by atoms with E-state index in [1.807, 2.05) is 0 Å². The zero-order valence-corrected chi connectivity index (χ0v) is 8.51. The number of hydrogen-bond donors (Lipinski definition) is 1. The van der Waals surface area contributed by atoms with E-state index in [4.69, 9.17) is 5.11 Å². The Bertz CT molecular complexity index is 395. The average molecular weight is 211 g/mol. The fourth-order valence-corrected chi connectivity index (χ4v) is 1.64. The summed E-state index contributed by atoms with van der Waals surface area (Å²) in [5.41, 5.74) is 0.522. The maximum Gasteiger partial charge on any atom is 0.309 e. The average Bonchev–Trinajstić information content (AvgIpc) is 2.87. The largest absolute Gasteiger partial charge is 0.396 e. The van der Waals surface area contributed by atoms with Gasteiger partial charge in [-0.25, -0.2) is 0 Å². The zero-order valence-electron chi connectivity index (χ0n) is 8.51. The van der Waals surface area contributed by atoms with Crippen LogP contribution in [-0.4, -0.2) is 26.4 Å². The molecule has 1 aliphatic rings. The Hall–Kier alpha value is -1.43. The molecule has 6 heteroatoms. The molecule has 1 heterocycles. The summed E-state index contributed by atoms with van der Waals surface area (Å²) < 4.78 is 1.61. The fraction of sp³-hybridized carbons (Fsp3) is 0.667. The van der Waals surface area contributed by atoms with Crippen molar-refractivity contribution in [1.82, 2.24) is 9.78 Å². The van der Waals surface area contributed by atoms with Gasteiger partial charge in [0.05, 0.1) is 11.5 Å². The van der Waals surface area contributed by atoms with E-state index in [1.165, 1.54) is 6.20 Å². The van der Waals surface area contributed by atoms with Crippen molar-refractivity contribution in [1.29, 1.82) is 0 Å². The second kappa shape index (κ2) is 3.30. The Balaban J connectivity index is 2.19. The number of aliphatic hydroxyl groups excluding tert-OH is 1. The number of rotatable bonds is 4. The maximum atomic E-state index is 10.6. The summed E-state index contributed by atoms with van der Waals surface area (Å²) in [6, 6.07) is 0. The summed E-state index contributed by atoms with van der Waals surface area (Å²) in [6.45, 7) is 2.38. The van der Waals surface area contributed by atoms with Crippen molar-refractivity contribution in [2.24, 2.45) is 5.41 Å². The molecule has 1 N–H and O–H groups in total. The van der Waals surface area contributed by atoms with Gasteiger partial charge in [0.2, 0.25) is 0 Å². The Morgan fingerprint density at radius 3 is 2.80 bits per heavy atom. The van der Waals surface area contributed by atoms with Crippen molar-refractivity contribution >= 4 is 5.69 Å². The number of aromatic nitrogens is 2. The van der Waals surface area contributed by atoms with Crippen molar-refractivity contribution in [2.45, 2.75) is 26.3 Å². The topological polar surface area (TPSA) is 81.2 Å². The number of hydrogen-bond acceptors (Lipinski definition) is 4. The van der Waals surface area contributed by atoms with E-state index >= 15 is 0 Å². The minimum absolute atomic E-state index is 0.0451. The van der Waals surface area contributed by atoms with Crippen LogP contribution in [0.5, 0.6) is 0 Å². The SMILES string of the molecule is Cc1c([N+](=O)[O-])cnn1CC1(CO)CC1. The summed E-state index contributed by atoms with van der Waals surface area (Å²) in [4.78, 5) is 10.2. The highest BCUT2D eigenvalue weighted by Gasteiger charge is 2.43. The van der Waals surface area contributed by atoms with Crippen LogP contribution in [0.2, 0.25) is 0 Å². The third kappa shape index (κ3) is 1.72. The van der Waals surface area contributed by atoms with Gasteiger partial charge in [-0.2, -0.15) is 5.10 Å². The molecule has 0 radical (unpaired) electrons. The lowest BCUT2D eigenvalue weighted by atomic mass is 10.1. The van der Waals surface area contributed by atoms with Gasteiger partial charge >= 0.3 is 5.69 Å². The number of nitrogens with zero attached hydrogens (tertiary/aromatic N) is 3. The molecule has 0 amide bonds. The van der Waals surface area contributed by atoms with Crippen LogP contribution < -0.4 is 0 Å². The smallest absolute Gasteiger partial charge is 0.309 e. The summed E-state index contributed by atoms with van der Waals surface area (Å²) in [5.74, 6) is 0. The molecule has 1 aromatic heterocycles. The Kier molecular flexibility index (Phi) is 2.22. The second-order valence-corrected chi connectivity index (χ2v) is 4.19. The Labute approximate surface area is 86.7 Å². The summed E-state index contributed by atoms with van der Waals surface area (Å²) in [7, 11) is 0. The predicted molar refractivity (Wildman–Crippen MR) is 52.4 cm³/mol. The van der Waals surface area contributed by atoms with Crippen molar-refractivity contribution < 1.29 is 10.0 Å². The van der Waals surface area contributed by atoms with E-state index in [-0.39, 0.29) is 17.7 Å². The first kappa shape index (κ1) is 10.1. The molecule has 1 saturated carbocycles.